The first-order valence-corrected chi connectivity index (χ1v) is 6.04. The van der Waals surface area contributed by atoms with E-state index < -0.39 is 24.7 Å². The lowest BCUT2D eigenvalue weighted by molar-refractivity contribution is -0.104. The van der Waals surface area contributed by atoms with E-state index in [1.54, 1.807) is 0 Å². The van der Waals surface area contributed by atoms with Crippen LogP contribution in [-0.4, -0.2) is 40.0 Å². The molecule has 1 N–H and O–H groups in total. The van der Waals surface area contributed by atoms with E-state index in [0.717, 1.165) is 0 Å². The van der Waals surface area contributed by atoms with Crippen molar-refractivity contribution in [2.45, 2.75) is 12.0 Å². The molecule has 9 heteroatoms. The molecule has 124 valence electrons. The molecule has 0 aliphatic carbocycles. The topological polar surface area (TPSA) is 66.0 Å². The molecule has 2 rings (SSSR count). The summed E-state index contributed by atoms with van der Waals surface area (Å²) in [6, 6.07) is 1.20. The number of ether oxygens (including phenoxy) is 4. The number of hydrogen-bond donors (Lipinski definition) is 1. The van der Waals surface area contributed by atoms with Gasteiger partial charge in [-0.05, 0) is 17.7 Å². The fourth-order valence-electron chi connectivity index (χ4n) is 2.11. The average molecular weight is 340 g/mol. The minimum atomic E-state index is -3.25. The third-order valence-corrected chi connectivity index (χ3v) is 3.10. The number of alkyl carbamates (subject to hydrolysis) is 1. The Bertz CT molecular complexity index is 530. The summed E-state index contributed by atoms with van der Waals surface area (Å²) in [5.41, 5.74) is 0.131. The molecule has 0 saturated carbocycles. The SMILES string of the molecule is COc1cc([C@@H]2NC(=O)OCC2(F)F)cc(OC)c1OC.Cl. The molecule has 0 aromatic heterocycles. The van der Waals surface area contributed by atoms with Crippen LogP contribution in [0.3, 0.4) is 0 Å². The Morgan fingerprint density at radius 2 is 1.73 bits per heavy atom. The minimum absolute atomic E-state index is 0. The third kappa shape index (κ3) is 3.27. The fourth-order valence-corrected chi connectivity index (χ4v) is 2.11. The molecule has 1 amide bonds. The van der Waals surface area contributed by atoms with E-state index >= 15 is 0 Å². The molecule has 0 bridgehead atoms. The van der Waals surface area contributed by atoms with E-state index in [-0.39, 0.29) is 35.2 Å². The van der Waals surface area contributed by atoms with Gasteiger partial charge in [-0.15, -0.1) is 12.4 Å². The van der Waals surface area contributed by atoms with E-state index in [0.29, 0.717) is 0 Å². The van der Waals surface area contributed by atoms with Crippen molar-refractivity contribution < 1.29 is 32.5 Å². The second-order valence-electron chi connectivity index (χ2n) is 4.37. The highest BCUT2D eigenvalue weighted by Gasteiger charge is 2.47. The van der Waals surface area contributed by atoms with Crippen LogP contribution in [0.25, 0.3) is 0 Å². The van der Waals surface area contributed by atoms with Gasteiger partial charge < -0.3 is 24.3 Å². The number of halogens is 3. The second kappa shape index (κ2) is 6.87. The van der Waals surface area contributed by atoms with Crippen molar-refractivity contribution in [3.8, 4) is 17.2 Å². The van der Waals surface area contributed by atoms with Crippen molar-refractivity contribution in [2.75, 3.05) is 27.9 Å². The van der Waals surface area contributed by atoms with E-state index in [9.17, 15) is 13.6 Å². The van der Waals surface area contributed by atoms with E-state index in [2.05, 4.69) is 10.1 Å². The predicted octanol–water partition coefficient (Wildman–Crippen LogP) is 2.55. The predicted molar refractivity (Wildman–Crippen MR) is 75.5 cm³/mol. The molecule has 0 radical (unpaired) electrons. The van der Waals surface area contributed by atoms with Gasteiger partial charge in [0.1, 0.15) is 6.04 Å². The first-order chi connectivity index (χ1) is 9.92. The largest absolute Gasteiger partial charge is 0.493 e. The molecule has 1 aliphatic heterocycles. The lowest BCUT2D eigenvalue weighted by Crippen LogP contribution is -2.49. The van der Waals surface area contributed by atoms with Gasteiger partial charge in [-0.3, -0.25) is 0 Å². The van der Waals surface area contributed by atoms with Crippen molar-refractivity contribution in [3.63, 3.8) is 0 Å². The van der Waals surface area contributed by atoms with Gasteiger partial charge in [0.25, 0.3) is 0 Å². The van der Waals surface area contributed by atoms with Crippen LogP contribution in [-0.2, 0) is 4.74 Å². The number of benzene rings is 1. The van der Waals surface area contributed by atoms with Gasteiger partial charge in [0.05, 0.1) is 21.3 Å². The van der Waals surface area contributed by atoms with Gasteiger partial charge in [-0.2, -0.15) is 0 Å². The van der Waals surface area contributed by atoms with Gasteiger partial charge in [-0.25, -0.2) is 13.6 Å². The minimum Gasteiger partial charge on any atom is -0.493 e. The molecule has 0 unspecified atom stereocenters. The van der Waals surface area contributed by atoms with Crippen LogP contribution in [0.4, 0.5) is 13.6 Å². The highest BCUT2D eigenvalue weighted by molar-refractivity contribution is 5.85. The molecular weight excluding hydrogens is 324 g/mol. The Labute approximate surface area is 132 Å². The van der Waals surface area contributed by atoms with Gasteiger partial charge in [-0.1, -0.05) is 0 Å². The molecule has 6 nitrogen and oxygen atoms in total. The molecule has 0 spiro atoms. The number of carbonyl (C=O) groups excluding carboxylic acids is 1. The number of nitrogens with one attached hydrogen (secondary N) is 1. The number of alkyl halides is 2. The van der Waals surface area contributed by atoms with Crippen molar-refractivity contribution >= 4 is 18.5 Å². The molecule has 1 heterocycles. The molecule has 1 aromatic rings. The highest BCUT2D eigenvalue weighted by Crippen LogP contribution is 2.43. The number of hydrogen-bond acceptors (Lipinski definition) is 5. The maximum Gasteiger partial charge on any atom is 0.408 e. The van der Waals surface area contributed by atoms with Crippen LogP contribution in [0.15, 0.2) is 12.1 Å². The number of methoxy groups -OCH3 is 3. The Balaban J connectivity index is 0.00000242. The Morgan fingerprint density at radius 3 is 2.18 bits per heavy atom. The zero-order valence-corrected chi connectivity index (χ0v) is 13.0. The van der Waals surface area contributed by atoms with Crippen molar-refractivity contribution in [2.24, 2.45) is 0 Å². The Kier molecular flexibility index (Phi) is 5.65. The van der Waals surface area contributed by atoms with Crippen molar-refractivity contribution in [1.82, 2.24) is 5.32 Å². The number of rotatable bonds is 4. The van der Waals surface area contributed by atoms with E-state index in [1.165, 1.54) is 33.5 Å². The van der Waals surface area contributed by atoms with Crippen LogP contribution in [0.2, 0.25) is 0 Å². The summed E-state index contributed by atoms with van der Waals surface area (Å²) < 4.78 is 47.5. The van der Waals surface area contributed by atoms with Gasteiger partial charge in [0, 0.05) is 0 Å². The molecular formula is C13H16ClF2NO5. The lowest BCUT2D eigenvalue weighted by atomic mass is 9.99. The number of cyclic esters (lactones) is 1. The number of carbonyl (C=O) groups is 1. The normalized spacial score (nSPS) is 19.3. The first kappa shape index (κ1) is 18.1. The maximum atomic E-state index is 13.9. The summed E-state index contributed by atoms with van der Waals surface area (Å²) in [6.45, 7) is -0.986. The molecule has 22 heavy (non-hydrogen) atoms. The summed E-state index contributed by atoms with van der Waals surface area (Å²) in [6.07, 6.45) is -0.903. The molecule has 1 fully saturated rings. The maximum absolute atomic E-state index is 13.9. The number of amides is 1. The van der Waals surface area contributed by atoms with Crippen LogP contribution >= 0.6 is 12.4 Å². The zero-order valence-electron chi connectivity index (χ0n) is 12.1. The van der Waals surface area contributed by atoms with Gasteiger partial charge in [0.15, 0.2) is 18.1 Å². The van der Waals surface area contributed by atoms with Crippen LogP contribution in [0, 0.1) is 0 Å². The standard InChI is InChI=1S/C13H15F2NO5.ClH/c1-18-8-4-7(5-9(19-2)10(8)20-3)11-13(14,15)6-21-12(17)16-11;/h4-5,11H,6H2,1-3H3,(H,16,17);1H/t11-;/m0./s1. The molecule has 1 atom stereocenters. The van der Waals surface area contributed by atoms with E-state index in [4.69, 9.17) is 14.2 Å². The smallest absolute Gasteiger partial charge is 0.408 e. The summed E-state index contributed by atoms with van der Waals surface area (Å²) in [5.74, 6) is -2.52. The average Bonchev–Trinajstić information content (AvgIpc) is 2.48. The lowest BCUT2D eigenvalue weighted by Gasteiger charge is -2.32. The summed E-state index contributed by atoms with van der Waals surface area (Å²) in [4.78, 5) is 11.2. The fraction of sp³-hybridized carbons (Fsp3) is 0.462. The van der Waals surface area contributed by atoms with Crippen LogP contribution < -0.4 is 19.5 Å². The van der Waals surface area contributed by atoms with Gasteiger partial charge >= 0.3 is 12.0 Å². The second-order valence-corrected chi connectivity index (χ2v) is 4.37. The van der Waals surface area contributed by atoms with E-state index in [1.807, 2.05) is 0 Å². The molecule has 1 aromatic carbocycles. The van der Waals surface area contributed by atoms with Gasteiger partial charge in [0.2, 0.25) is 5.75 Å². The monoisotopic (exact) mass is 339 g/mol. The summed E-state index contributed by atoms with van der Waals surface area (Å²) in [7, 11) is 4.16. The third-order valence-electron chi connectivity index (χ3n) is 3.10. The Hall–Kier alpha value is -1.96. The highest BCUT2D eigenvalue weighted by atomic mass is 35.5. The van der Waals surface area contributed by atoms with Crippen LogP contribution in [0.1, 0.15) is 11.6 Å². The van der Waals surface area contributed by atoms with Crippen molar-refractivity contribution in [3.05, 3.63) is 17.7 Å². The van der Waals surface area contributed by atoms with Crippen molar-refractivity contribution in [1.29, 1.82) is 0 Å². The quantitative estimate of drug-likeness (QED) is 0.913. The molecule has 1 saturated heterocycles. The van der Waals surface area contributed by atoms with Crippen LogP contribution in [0.5, 0.6) is 17.2 Å². The first-order valence-electron chi connectivity index (χ1n) is 6.04. The molecule has 1 aliphatic rings. The Morgan fingerprint density at radius 1 is 1.18 bits per heavy atom. The summed E-state index contributed by atoms with van der Waals surface area (Å²) >= 11 is 0. The summed E-state index contributed by atoms with van der Waals surface area (Å²) in [5, 5.41) is 2.10. The zero-order chi connectivity index (χ0) is 15.6.